The molecule has 2 heterocycles. The van der Waals surface area contributed by atoms with Crippen LogP contribution in [0.4, 0.5) is 16.5 Å². The average Bonchev–Trinajstić information content (AvgIpc) is 3.10. The van der Waals surface area contributed by atoms with Crippen molar-refractivity contribution >= 4 is 39.7 Å². The van der Waals surface area contributed by atoms with Crippen molar-refractivity contribution in [3.8, 4) is 5.75 Å². The lowest BCUT2D eigenvalue weighted by Gasteiger charge is -2.35. The van der Waals surface area contributed by atoms with E-state index < -0.39 is 22.8 Å². The first kappa shape index (κ1) is 19.7. The molecule has 0 bridgehead atoms. The third kappa shape index (κ3) is 3.93. The molecule has 2 amide bonds. The summed E-state index contributed by atoms with van der Waals surface area (Å²) in [5.41, 5.74) is -0.00183. The molecule has 0 fully saturated rings. The Morgan fingerprint density at radius 2 is 2.18 bits per heavy atom. The number of carbonyl (C=O) groups is 2. The summed E-state index contributed by atoms with van der Waals surface area (Å²) in [6.07, 6.45) is -0.0854. The largest absolute Gasteiger partial charge is 0.478 e. The summed E-state index contributed by atoms with van der Waals surface area (Å²) < 4.78 is 5.72. The molecule has 1 aromatic carbocycles. The summed E-state index contributed by atoms with van der Waals surface area (Å²) in [5.74, 6) is -0.726. The maximum atomic E-state index is 12.9. The number of ether oxygens (including phenoxy) is 1. The lowest BCUT2D eigenvalue weighted by molar-refractivity contribution is -0.384. The second-order valence-electron chi connectivity index (χ2n) is 6.52. The van der Waals surface area contributed by atoms with Crippen LogP contribution in [-0.4, -0.2) is 39.6 Å². The highest BCUT2D eigenvalue weighted by molar-refractivity contribution is 7.15. The number of nitro groups is 1. The van der Waals surface area contributed by atoms with E-state index in [2.05, 4.69) is 15.5 Å². The number of aryl methyl sites for hydroxylation is 1. The second kappa shape index (κ2) is 7.89. The molecule has 0 saturated carbocycles. The van der Waals surface area contributed by atoms with Crippen LogP contribution in [0.5, 0.6) is 5.75 Å². The van der Waals surface area contributed by atoms with Crippen LogP contribution in [0, 0.1) is 16.0 Å². The number of carbonyl (C=O) groups excluding carboxylic acids is 2. The number of fused-ring (bicyclic) bond motifs is 1. The maximum Gasteiger partial charge on any atom is 0.271 e. The van der Waals surface area contributed by atoms with E-state index in [1.165, 1.54) is 34.4 Å². The lowest BCUT2D eigenvalue weighted by atomic mass is 10.0. The highest BCUT2D eigenvalue weighted by Crippen LogP contribution is 2.38. The van der Waals surface area contributed by atoms with Gasteiger partial charge in [-0.1, -0.05) is 32.1 Å². The Morgan fingerprint density at radius 1 is 1.43 bits per heavy atom. The zero-order chi connectivity index (χ0) is 20.4. The average molecular weight is 405 g/mol. The number of hydrogen-bond donors (Lipinski definition) is 1. The minimum Gasteiger partial charge on any atom is -0.478 e. The number of nitrogens with zero attached hydrogens (tertiary/aromatic N) is 4. The van der Waals surface area contributed by atoms with Crippen LogP contribution in [0.15, 0.2) is 18.2 Å². The lowest BCUT2D eigenvalue weighted by Crippen LogP contribution is -2.50. The van der Waals surface area contributed by atoms with Crippen molar-refractivity contribution in [1.82, 2.24) is 10.2 Å². The van der Waals surface area contributed by atoms with Gasteiger partial charge in [0.2, 0.25) is 11.0 Å². The van der Waals surface area contributed by atoms with Crippen molar-refractivity contribution in [2.75, 3.05) is 16.8 Å². The molecule has 3 rings (SSSR count). The molecule has 1 aliphatic heterocycles. The molecule has 0 radical (unpaired) electrons. The Labute approximate surface area is 164 Å². The van der Waals surface area contributed by atoms with Gasteiger partial charge in [0.25, 0.3) is 11.6 Å². The summed E-state index contributed by atoms with van der Waals surface area (Å²) in [7, 11) is 0. The van der Waals surface area contributed by atoms with Gasteiger partial charge < -0.3 is 4.74 Å². The van der Waals surface area contributed by atoms with Crippen LogP contribution < -0.4 is 15.0 Å². The van der Waals surface area contributed by atoms with E-state index in [-0.39, 0.29) is 23.8 Å². The molecule has 0 saturated heterocycles. The maximum absolute atomic E-state index is 12.9. The summed E-state index contributed by atoms with van der Waals surface area (Å²) >= 11 is 1.25. The standard InChI is InChI=1S/C17H19N5O5S/c1-4-14-19-20-17(28-14)18-13(23)8-21-11-7-10(22(25)26)5-6-12(11)27-15(9(2)3)16(21)24/h5-7,9,15H,4,8H2,1-3H3,(H,18,20,23). The van der Waals surface area contributed by atoms with Gasteiger partial charge in [-0.25, -0.2) is 0 Å². The highest BCUT2D eigenvalue weighted by Gasteiger charge is 2.38. The van der Waals surface area contributed by atoms with E-state index in [9.17, 15) is 19.7 Å². The summed E-state index contributed by atoms with van der Waals surface area (Å²) in [6.45, 7) is 5.25. The van der Waals surface area contributed by atoms with Gasteiger partial charge >= 0.3 is 0 Å². The number of nitro benzene ring substituents is 1. The number of non-ortho nitro benzene ring substituents is 1. The molecular formula is C17H19N5O5S. The fourth-order valence-electron chi connectivity index (χ4n) is 2.72. The Hall–Kier alpha value is -3.08. The van der Waals surface area contributed by atoms with Crippen LogP contribution in [0.3, 0.4) is 0 Å². The van der Waals surface area contributed by atoms with E-state index in [0.717, 1.165) is 5.01 Å². The normalized spacial score (nSPS) is 15.9. The molecule has 0 spiro atoms. The van der Waals surface area contributed by atoms with Gasteiger partial charge in [-0.2, -0.15) is 0 Å². The zero-order valence-electron chi connectivity index (χ0n) is 15.5. The van der Waals surface area contributed by atoms with Gasteiger partial charge in [-0.05, 0) is 18.4 Å². The predicted molar refractivity (Wildman–Crippen MR) is 103 cm³/mol. The van der Waals surface area contributed by atoms with Crippen molar-refractivity contribution in [1.29, 1.82) is 0 Å². The van der Waals surface area contributed by atoms with E-state index in [0.29, 0.717) is 17.3 Å². The third-order valence-corrected chi connectivity index (χ3v) is 5.11. The number of aromatic nitrogens is 2. The first-order valence-electron chi connectivity index (χ1n) is 8.68. The first-order valence-corrected chi connectivity index (χ1v) is 9.50. The fraction of sp³-hybridized carbons (Fsp3) is 0.412. The highest BCUT2D eigenvalue weighted by atomic mass is 32.1. The quantitative estimate of drug-likeness (QED) is 0.577. The van der Waals surface area contributed by atoms with Crippen molar-refractivity contribution in [2.45, 2.75) is 33.3 Å². The van der Waals surface area contributed by atoms with Crippen LogP contribution in [0.1, 0.15) is 25.8 Å². The molecule has 148 valence electrons. The van der Waals surface area contributed by atoms with Gasteiger partial charge in [0.05, 0.1) is 10.6 Å². The van der Waals surface area contributed by atoms with Gasteiger partial charge in [0, 0.05) is 12.1 Å². The van der Waals surface area contributed by atoms with E-state index in [4.69, 9.17) is 4.74 Å². The summed E-state index contributed by atoms with van der Waals surface area (Å²) in [4.78, 5) is 37.1. The predicted octanol–water partition coefficient (Wildman–Crippen LogP) is 2.40. The molecule has 10 nitrogen and oxygen atoms in total. The molecule has 1 atom stereocenters. The topological polar surface area (TPSA) is 128 Å². The molecule has 1 aromatic heterocycles. The van der Waals surface area contributed by atoms with Gasteiger partial charge in [-0.15, -0.1) is 10.2 Å². The van der Waals surface area contributed by atoms with Crippen LogP contribution in [0.2, 0.25) is 0 Å². The van der Waals surface area contributed by atoms with E-state index in [1.54, 1.807) is 0 Å². The monoisotopic (exact) mass is 405 g/mol. The van der Waals surface area contributed by atoms with Gasteiger partial charge in [0.1, 0.15) is 17.3 Å². The molecule has 0 aliphatic carbocycles. The van der Waals surface area contributed by atoms with Crippen LogP contribution in [0.25, 0.3) is 0 Å². The molecule has 1 N–H and O–H groups in total. The Morgan fingerprint density at radius 3 is 2.79 bits per heavy atom. The molecule has 1 unspecified atom stereocenters. The SMILES string of the molecule is CCc1nnc(NC(=O)CN2C(=O)C(C(C)C)Oc3ccc([N+](=O)[O-])cc32)s1. The van der Waals surface area contributed by atoms with Crippen LogP contribution >= 0.6 is 11.3 Å². The molecular weight excluding hydrogens is 386 g/mol. The fourth-order valence-corrected chi connectivity index (χ4v) is 3.42. The van der Waals surface area contributed by atoms with Crippen molar-refractivity contribution in [3.63, 3.8) is 0 Å². The smallest absolute Gasteiger partial charge is 0.271 e. The molecule has 1 aliphatic rings. The molecule has 28 heavy (non-hydrogen) atoms. The number of amides is 2. The van der Waals surface area contributed by atoms with Crippen molar-refractivity contribution < 1.29 is 19.2 Å². The summed E-state index contributed by atoms with van der Waals surface area (Å²) in [5, 5.41) is 22.6. The number of hydrogen-bond acceptors (Lipinski definition) is 8. The van der Waals surface area contributed by atoms with Crippen molar-refractivity contribution in [3.05, 3.63) is 33.3 Å². The minimum atomic E-state index is -0.782. The third-order valence-electron chi connectivity index (χ3n) is 4.13. The first-order chi connectivity index (χ1) is 13.3. The summed E-state index contributed by atoms with van der Waals surface area (Å²) in [6, 6.07) is 3.98. The molecule has 2 aromatic rings. The Bertz CT molecular complexity index is 928. The number of benzene rings is 1. The van der Waals surface area contributed by atoms with Gasteiger partial charge in [-0.3, -0.25) is 29.9 Å². The van der Waals surface area contributed by atoms with Crippen LogP contribution in [-0.2, 0) is 16.0 Å². The number of anilines is 2. The number of rotatable bonds is 6. The minimum absolute atomic E-state index is 0.142. The second-order valence-corrected chi connectivity index (χ2v) is 7.58. The molecule has 11 heteroatoms. The van der Waals surface area contributed by atoms with Gasteiger partial charge in [0.15, 0.2) is 6.10 Å². The van der Waals surface area contributed by atoms with E-state index >= 15 is 0 Å². The van der Waals surface area contributed by atoms with E-state index in [1.807, 2.05) is 20.8 Å². The Balaban J connectivity index is 1.88. The number of nitrogens with one attached hydrogen (secondary N) is 1. The Kier molecular flexibility index (Phi) is 5.54. The zero-order valence-corrected chi connectivity index (χ0v) is 16.4. The van der Waals surface area contributed by atoms with Crippen molar-refractivity contribution in [2.24, 2.45) is 5.92 Å².